The molecular weight excluding hydrogens is 1240 g/mol. The Morgan fingerprint density at radius 1 is 0.346 bits per heavy atom. The van der Waals surface area contributed by atoms with E-state index in [-0.39, 0.29) is 43.0 Å². The van der Waals surface area contributed by atoms with Crippen LogP contribution >= 0.6 is 0 Å². The van der Waals surface area contributed by atoms with E-state index in [2.05, 4.69) is 0 Å². The molecule has 37 heteroatoms. The van der Waals surface area contributed by atoms with E-state index in [0.717, 1.165) is 44.4 Å². The van der Waals surface area contributed by atoms with E-state index in [9.17, 15) is 140 Å². The Kier molecular flexibility index (Phi) is 16.8. The Balaban J connectivity index is 1.66. The fourth-order valence-corrected chi connectivity index (χ4v) is 13.0. The van der Waals surface area contributed by atoms with Crippen molar-refractivity contribution in [2.75, 3.05) is 0 Å². The molecule has 1 atom stereocenters. The van der Waals surface area contributed by atoms with Gasteiger partial charge in [-0.1, -0.05) is 109 Å². The van der Waals surface area contributed by atoms with Crippen molar-refractivity contribution in [2.45, 2.75) is 146 Å². The van der Waals surface area contributed by atoms with Crippen LogP contribution < -0.4 is 16.1 Å². The molecule has 0 aliphatic carbocycles. The summed E-state index contributed by atoms with van der Waals surface area (Å²) in [5, 5.41) is 0.359. The van der Waals surface area contributed by atoms with Crippen LogP contribution in [0.3, 0.4) is 0 Å². The minimum absolute atomic E-state index is 0.0669. The van der Waals surface area contributed by atoms with E-state index in [4.69, 9.17) is 5.73 Å². The fourth-order valence-electron chi connectivity index (χ4n) is 8.05. The number of fused-ring (bicyclic) bond motifs is 2. The predicted molar refractivity (Wildman–Crippen MR) is 225 cm³/mol. The van der Waals surface area contributed by atoms with Gasteiger partial charge in [0.25, 0.3) is 0 Å². The second kappa shape index (κ2) is 19.7. The third kappa shape index (κ3) is 10.0. The van der Waals surface area contributed by atoms with Crippen LogP contribution in [0.4, 0.5) is 149 Å². The normalized spacial score (nSPS) is 16.2. The number of hydrogen-bond donors (Lipinski definition) is 1. The number of nitrogens with two attached hydrogens (primary N) is 1. The molecule has 0 saturated carbocycles. The highest BCUT2D eigenvalue weighted by atomic mass is 28.3. The molecular formula is C44H33F34NSi2. The van der Waals surface area contributed by atoms with Crippen molar-refractivity contribution in [2.24, 2.45) is 5.73 Å². The summed E-state index contributed by atoms with van der Waals surface area (Å²) in [4.78, 5) is 0. The minimum atomic E-state index is -8.85. The first-order valence-electron chi connectivity index (χ1n) is 21.7. The molecule has 2 N–H and O–H groups in total. The zero-order valence-corrected chi connectivity index (χ0v) is 42.1. The van der Waals surface area contributed by atoms with E-state index >= 15 is 8.78 Å². The molecule has 0 fully saturated rings. The van der Waals surface area contributed by atoms with Crippen molar-refractivity contribution in [3.63, 3.8) is 0 Å². The maximum atomic E-state index is 15.2. The molecule has 0 bridgehead atoms. The van der Waals surface area contributed by atoms with Crippen molar-refractivity contribution in [3.05, 3.63) is 72.8 Å². The fraction of sp³-hybridized carbons (Fsp3) is 0.545. The summed E-state index contributed by atoms with van der Waals surface area (Å²) in [6.07, 6.45) is -18.5. The van der Waals surface area contributed by atoms with Crippen molar-refractivity contribution >= 4 is 48.1 Å². The van der Waals surface area contributed by atoms with E-state index in [0.29, 0.717) is 0 Å². The van der Waals surface area contributed by atoms with Gasteiger partial charge in [-0.2, -0.15) is 149 Å². The Morgan fingerprint density at radius 2 is 0.630 bits per heavy atom. The molecule has 4 aromatic carbocycles. The Morgan fingerprint density at radius 3 is 0.951 bits per heavy atom. The molecule has 0 heterocycles. The molecule has 81 heavy (non-hydrogen) atoms. The molecule has 1 nitrogen and oxygen atoms in total. The highest BCUT2D eigenvalue weighted by Gasteiger charge is 2.97. The highest BCUT2D eigenvalue weighted by molar-refractivity contribution is 6.90. The van der Waals surface area contributed by atoms with Crippen molar-refractivity contribution < 1.29 is 149 Å². The topological polar surface area (TPSA) is 26.0 Å². The Bertz CT molecular complexity index is 2950. The van der Waals surface area contributed by atoms with Gasteiger partial charge in [-0.05, 0) is 44.8 Å². The zero-order valence-electron chi connectivity index (χ0n) is 40.1. The molecule has 4 rings (SSSR count). The smallest absolute Gasteiger partial charge is 0.323 e. The van der Waals surface area contributed by atoms with Crippen LogP contribution in [0.1, 0.15) is 6.42 Å². The third-order valence-electron chi connectivity index (χ3n) is 13.4. The Hall–Kier alpha value is -4.59. The second-order valence-electron chi connectivity index (χ2n) is 19.8. The molecule has 0 saturated heterocycles. The van der Waals surface area contributed by atoms with Crippen LogP contribution in [-0.4, -0.2) is 117 Å². The maximum Gasteiger partial charge on any atom is 0.460 e. The third-order valence-corrected chi connectivity index (χ3v) is 20.1. The average Bonchev–Trinajstić information content (AvgIpc) is 3.30. The van der Waals surface area contributed by atoms with Gasteiger partial charge in [-0.15, -0.1) is 0 Å². The lowest BCUT2D eigenvalue weighted by Gasteiger charge is -2.44. The predicted octanol–water partition coefficient (Wildman–Crippen LogP) is 17.2. The van der Waals surface area contributed by atoms with Crippen LogP contribution in [0.25, 0.3) is 32.7 Å². The molecule has 460 valence electrons. The van der Waals surface area contributed by atoms with Crippen molar-refractivity contribution in [3.8, 4) is 11.1 Å². The number of hydrogen-bond acceptors (Lipinski definition) is 1. The lowest BCUT2D eigenvalue weighted by molar-refractivity contribution is -0.462. The van der Waals surface area contributed by atoms with Crippen LogP contribution in [0.5, 0.6) is 0 Å². The standard InChI is InChI=1S/C44H33F34NSi2/c1-80(2,16-15-29(45,46)31(49,50)33(53,54)35(57,58)37(61,62)39(65,66)41(69,70)43(73,74)75)22-11-13-24-20(17-22)7-5-9-26(24)27-10-6-8-21-18-23(12-14-25(21)27)81(3,4)19-28(79)30(47,48)32(51,52)34(55,56)36(59,60)38(63,64)40(67,68)42(71,72)44(76,77)78/h5-14,17-18,28H,15-16,19,79H2,1-4H3/t28-/m0/s1. The van der Waals surface area contributed by atoms with Crippen LogP contribution in [0, 0.1) is 0 Å². The SMILES string of the molecule is C[Si](C)(CCC(F)(F)C(F)(F)C(F)(F)C(F)(F)C(F)(F)C(F)(F)C(F)(F)C(F)(F)F)c1ccc2c(-c3cccc4cc([Si](C)(C)C[C@H](N)C(F)(F)C(F)(F)C(F)(F)C(F)(F)C(F)(F)C(F)(F)C(F)(F)C(F)(F)F)ccc34)cccc2c1. The van der Waals surface area contributed by atoms with Gasteiger partial charge in [0, 0.05) is 6.42 Å². The number of rotatable bonds is 21. The van der Waals surface area contributed by atoms with Gasteiger partial charge in [0.05, 0.1) is 22.2 Å². The highest BCUT2D eigenvalue weighted by Crippen LogP contribution is 2.66. The summed E-state index contributed by atoms with van der Waals surface area (Å²) in [6.45, 7) is 4.08. The molecule has 0 unspecified atom stereocenters. The first-order valence-corrected chi connectivity index (χ1v) is 28.1. The summed E-state index contributed by atoms with van der Waals surface area (Å²) in [5.74, 6) is -116. The number of benzene rings is 4. The first kappa shape index (κ1) is 68.9. The van der Waals surface area contributed by atoms with Crippen molar-refractivity contribution in [1.29, 1.82) is 0 Å². The quantitative estimate of drug-likeness (QED) is 0.0653. The first-order chi connectivity index (χ1) is 35.5. The van der Waals surface area contributed by atoms with E-state index in [1.165, 1.54) is 54.6 Å². The molecule has 4 aromatic rings. The van der Waals surface area contributed by atoms with Gasteiger partial charge in [-0.25, -0.2) is 0 Å². The second-order valence-corrected chi connectivity index (χ2v) is 29.4. The number of halogens is 34. The van der Waals surface area contributed by atoms with Gasteiger partial charge in [0.1, 0.15) is 0 Å². The Labute approximate surface area is 432 Å². The van der Waals surface area contributed by atoms with Crippen LogP contribution in [-0.2, 0) is 0 Å². The van der Waals surface area contributed by atoms with Crippen LogP contribution in [0.15, 0.2) is 72.8 Å². The zero-order chi connectivity index (χ0) is 63.8. The maximum absolute atomic E-state index is 15.2. The summed E-state index contributed by atoms with van der Waals surface area (Å²) in [6, 6.07) is 8.04. The molecule has 0 aromatic heterocycles. The van der Waals surface area contributed by atoms with E-state index in [1.54, 1.807) is 0 Å². The monoisotopic (exact) mass is 1280 g/mol. The van der Waals surface area contributed by atoms with Crippen molar-refractivity contribution in [1.82, 2.24) is 0 Å². The lowest BCUT2D eigenvalue weighted by atomic mass is 9.87. The van der Waals surface area contributed by atoms with Gasteiger partial charge in [0.15, 0.2) is 0 Å². The van der Waals surface area contributed by atoms with E-state index in [1.807, 2.05) is 0 Å². The molecule has 0 aliphatic rings. The summed E-state index contributed by atoms with van der Waals surface area (Å²) >= 11 is 0. The lowest BCUT2D eigenvalue weighted by Crippen LogP contribution is -2.75. The molecule has 0 aliphatic heterocycles. The van der Waals surface area contributed by atoms with Gasteiger partial charge in [-0.3, -0.25) is 0 Å². The van der Waals surface area contributed by atoms with Crippen LogP contribution in [0.2, 0.25) is 38.3 Å². The molecule has 0 spiro atoms. The largest absolute Gasteiger partial charge is 0.460 e. The average molecular weight is 1280 g/mol. The summed E-state index contributed by atoms with van der Waals surface area (Å²) in [7, 11) is -7.90. The van der Waals surface area contributed by atoms with Gasteiger partial charge in [0.2, 0.25) is 0 Å². The molecule has 0 amide bonds. The summed E-state index contributed by atoms with van der Waals surface area (Å²) in [5.41, 5.74) is 5.49. The molecule has 0 radical (unpaired) electrons. The van der Waals surface area contributed by atoms with E-state index < -0.39 is 136 Å². The van der Waals surface area contributed by atoms with Gasteiger partial charge >= 0.3 is 95.3 Å². The van der Waals surface area contributed by atoms with Gasteiger partial charge < -0.3 is 5.73 Å². The number of alkyl halides is 34. The minimum Gasteiger partial charge on any atom is -0.323 e. The summed E-state index contributed by atoms with van der Waals surface area (Å²) < 4.78 is 473.